The van der Waals surface area contributed by atoms with Gasteiger partial charge in [-0.1, -0.05) is 75.7 Å². The first kappa shape index (κ1) is 35.9. The van der Waals surface area contributed by atoms with Crippen molar-refractivity contribution in [2.24, 2.45) is 0 Å². The Morgan fingerprint density at radius 3 is 2.50 bits per heavy atom. The van der Waals surface area contributed by atoms with Crippen LogP contribution in [0.4, 0.5) is 5.69 Å². The third-order valence-corrected chi connectivity index (χ3v) is 7.00. The number of methoxy groups -OCH3 is 1. The molecule has 2 atom stereocenters. The van der Waals surface area contributed by atoms with Crippen LogP contribution in [-0.2, 0) is 20.7 Å². The Kier molecular flexibility index (Phi) is 17.8. The van der Waals surface area contributed by atoms with Crippen molar-refractivity contribution in [3.63, 3.8) is 0 Å². The highest BCUT2D eigenvalue weighted by Gasteiger charge is 2.27. The van der Waals surface area contributed by atoms with Crippen LogP contribution in [0.25, 0.3) is 0 Å². The molecule has 40 heavy (non-hydrogen) atoms. The Hall–Kier alpha value is -2.13. The predicted octanol–water partition coefficient (Wildman–Crippen LogP) is 6.44. The van der Waals surface area contributed by atoms with Crippen molar-refractivity contribution in [3.8, 4) is 0 Å². The zero-order chi connectivity index (χ0) is 30.1. The maximum atomic E-state index is 12.3. The molecule has 0 radical (unpaired) electrons. The van der Waals surface area contributed by atoms with Crippen molar-refractivity contribution >= 4 is 34.8 Å². The second-order valence-electron chi connectivity index (χ2n) is 9.04. The fourth-order valence-corrected chi connectivity index (χ4v) is 4.55. The zero-order valence-electron chi connectivity index (χ0n) is 24.9. The summed E-state index contributed by atoms with van der Waals surface area (Å²) in [6.07, 6.45) is 1.07. The Morgan fingerprint density at radius 2 is 1.88 bits per heavy atom. The van der Waals surface area contributed by atoms with E-state index in [0.29, 0.717) is 48.5 Å². The lowest BCUT2D eigenvalue weighted by molar-refractivity contribution is -0.121. The molecule has 3 rings (SSSR count). The van der Waals surface area contributed by atoms with Crippen LogP contribution in [0.15, 0.2) is 54.7 Å². The smallest absolute Gasteiger partial charge is 0.250 e. The Morgan fingerprint density at radius 1 is 1.15 bits per heavy atom. The van der Waals surface area contributed by atoms with E-state index in [1.165, 1.54) is 0 Å². The van der Waals surface area contributed by atoms with Crippen LogP contribution in [0.5, 0.6) is 0 Å². The standard InChI is InChI=1S/C27H35Cl2N3O4.2C2H6/c1-19(13-20-7-8-24(28)25(29)14-20)31(2)26(17-32-10-9-23(33)16-32)21-5-4-6-22(15-21)30-27(34)18-36-12-11-35-3;2*1-2/h4-8,14-15,23,26,33H,1,9-13,16-18H2,2-3H3,(H,30,34);2*1-2H3. The molecule has 0 spiro atoms. The summed E-state index contributed by atoms with van der Waals surface area (Å²) in [5.74, 6) is -0.222. The van der Waals surface area contributed by atoms with Gasteiger partial charge in [-0.15, -0.1) is 0 Å². The molecule has 0 saturated carbocycles. The van der Waals surface area contributed by atoms with E-state index in [2.05, 4.69) is 21.7 Å². The van der Waals surface area contributed by atoms with Crippen LogP contribution in [-0.4, -0.2) is 80.5 Å². The number of nitrogens with zero attached hydrogens (tertiary/aromatic N) is 2. The van der Waals surface area contributed by atoms with Gasteiger partial charge in [0.15, 0.2) is 0 Å². The number of benzene rings is 2. The van der Waals surface area contributed by atoms with Gasteiger partial charge in [0.2, 0.25) is 5.91 Å². The minimum atomic E-state index is -0.306. The first-order valence-corrected chi connectivity index (χ1v) is 14.7. The number of hydrogen-bond donors (Lipinski definition) is 2. The molecule has 0 bridgehead atoms. The van der Waals surface area contributed by atoms with Crippen molar-refractivity contribution in [2.45, 2.75) is 52.7 Å². The molecule has 1 amide bonds. The van der Waals surface area contributed by atoms with Crippen molar-refractivity contribution in [1.82, 2.24) is 9.80 Å². The van der Waals surface area contributed by atoms with Crippen molar-refractivity contribution < 1.29 is 19.4 Å². The normalized spacial score (nSPS) is 15.3. The summed E-state index contributed by atoms with van der Waals surface area (Å²) in [6, 6.07) is 13.4. The van der Waals surface area contributed by atoms with E-state index >= 15 is 0 Å². The van der Waals surface area contributed by atoms with E-state index in [1.807, 2.05) is 71.1 Å². The summed E-state index contributed by atoms with van der Waals surface area (Å²) in [4.78, 5) is 16.7. The predicted molar refractivity (Wildman–Crippen MR) is 167 cm³/mol. The molecule has 2 N–H and O–H groups in total. The number of carbonyl (C=O) groups excluding carboxylic acids is 1. The second kappa shape index (κ2) is 19.9. The average Bonchev–Trinajstić information content (AvgIpc) is 3.38. The molecule has 1 heterocycles. The number of ether oxygens (including phenoxy) is 2. The molecule has 1 saturated heterocycles. The van der Waals surface area contributed by atoms with Crippen LogP contribution < -0.4 is 5.32 Å². The average molecular weight is 597 g/mol. The number of halogens is 2. The van der Waals surface area contributed by atoms with E-state index in [0.717, 1.165) is 29.8 Å². The van der Waals surface area contributed by atoms with Gasteiger partial charge < -0.3 is 24.8 Å². The first-order chi connectivity index (χ1) is 19.3. The van der Waals surface area contributed by atoms with Crippen molar-refractivity contribution in [1.29, 1.82) is 0 Å². The van der Waals surface area contributed by atoms with Crippen molar-refractivity contribution in [3.05, 3.63) is 75.9 Å². The number of β-amino-alcohol motifs (C(OH)–C–C–N with tert-alkyl or cyclic N) is 1. The number of nitrogens with one attached hydrogen (secondary N) is 1. The number of aliphatic hydroxyl groups excluding tert-OH is 1. The Balaban J connectivity index is 0.00000191. The summed E-state index contributed by atoms with van der Waals surface area (Å²) in [6.45, 7) is 15.3. The fourth-order valence-electron chi connectivity index (χ4n) is 4.23. The van der Waals surface area contributed by atoms with Gasteiger partial charge in [0.25, 0.3) is 0 Å². The van der Waals surface area contributed by atoms with Crippen LogP contribution in [0.2, 0.25) is 10.0 Å². The van der Waals surface area contributed by atoms with Crippen LogP contribution in [0, 0.1) is 0 Å². The molecule has 224 valence electrons. The number of amides is 1. The molecular weight excluding hydrogens is 549 g/mol. The second-order valence-corrected chi connectivity index (χ2v) is 9.85. The number of rotatable bonds is 13. The first-order valence-electron chi connectivity index (χ1n) is 14.0. The summed E-state index contributed by atoms with van der Waals surface area (Å²) < 4.78 is 10.3. The number of likely N-dealkylation sites (N-methyl/N-ethyl adjacent to an activating group) is 1. The molecule has 1 aliphatic heterocycles. The number of anilines is 1. The minimum Gasteiger partial charge on any atom is -0.392 e. The highest BCUT2D eigenvalue weighted by molar-refractivity contribution is 6.42. The Bertz CT molecular complexity index is 1040. The van der Waals surface area contributed by atoms with Gasteiger partial charge in [0, 0.05) is 51.6 Å². The molecule has 2 aromatic carbocycles. The minimum absolute atomic E-state index is 0.0386. The van der Waals surface area contributed by atoms with E-state index in [-0.39, 0.29) is 24.7 Å². The summed E-state index contributed by atoms with van der Waals surface area (Å²) in [7, 11) is 3.61. The molecule has 0 aromatic heterocycles. The van der Waals surface area contributed by atoms with Crippen LogP contribution in [0.1, 0.15) is 51.3 Å². The lowest BCUT2D eigenvalue weighted by Gasteiger charge is -2.35. The van der Waals surface area contributed by atoms with Gasteiger partial charge in [-0.25, -0.2) is 0 Å². The van der Waals surface area contributed by atoms with Gasteiger partial charge in [0.1, 0.15) is 6.61 Å². The third-order valence-electron chi connectivity index (χ3n) is 6.26. The number of hydrogen-bond acceptors (Lipinski definition) is 6. The summed E-state index contributed by atoms with van der Waals surface area (Å²) in [5, 5.41) is 14.0. The maximum absolute atomic E-state index is 12.3. The lowest BCUT2D eigenvalue weighted by Crippen LogP contribution is -2.35. The largest absolute Gasteiger partial charge is 0.392 e. The molecule has 2 unspecified atom stereocenters. The number of aliphatic hydroxyl groups is 1. The monoisotopic (exact) mass is 595 g/mol. The molecule has 7 nitrogen and oxygen atoms in total. The molecule has 1 aliphatic rings. The van der Waals surface area contributed by atoms with Gasteiger partial charge in [-0.2, -0.15) is 0 Å². The van der Waals surface area contributed by atoms with Gasteiger partial charge in [0.05, 0.1) is 35.4 Å². The third kappa shape index (κ3) is 12.2. The van der Waals surface area contributed by atoms with E-state index < -0.39 is 0 Å². The summed E-state index contributed by atoms with van der Waals surface area (Å²) in [5.41, 5.74) is 3.67. The fraction of sp³-hybridized carbons (Fsp3) is 0.516. The van der Waals surface area contributed by atoms with Crippen LogP contribution >= 0.6 is 23.2 Å². The van der Waals surface area contributed by atoms with Gasteiger partial charge in [-0.3, -0.25) is 9.69 Å². The number of likely N-dealkylation sites (tertiary alicyclic amines) is 1. The molecule has 2 aromatic rings. The van der Waals surface area contributed by atoms with E-state index in [4.69, 9.17) is 32.7 Å². The molecule has 1 fully saturated rings. The highest BCUT2D eigenvalue weighted by atomic mass is 35.5. The topological polar surface area (TPSA) is 74.3 Å². The van der Waals surface area contributed by atoms with E-state index in [1.54, 1.807) is 13.2 Å². The zero-order valence-corrected chi connectivity index (χ0v) is 26.4. The Labute approximate surface area is 251 Å². The van der Waals surface area contributed by atoms with Crippen LogP contribution in [0.3, 0.4) is 0 Å². The van der Waals surface area contributed by atoms with Gasteiger partial charge in [-0.05, 0) is 41.8 Å². The van der Waals surface area contributed by atoms with Crippen molar-refractivity contribution in [2.75, 3.05) is 58.9 Å². The number of allylic oxidation sites excluding steroid dienone is 1. The SMILES string of the molecule is C=C(Cc1ccc(Cl)c(Cl)c1)N(C)C(CN1CCC(O)C1)c1cccc(NC(=O)COCCOC)c1.CC.CC. The lowest BCUT2D eigenvalue weighted by atomic mass is 10.0. The maximum Gasteiger partial charge on any atom is 0.250 e. The van der Waals surface area contributed by atoms with E-state index in [9.17, 15) is 9.90 Å². The molecule has 0 aliphatic carbocycles. The highest BCUT2D eigenvalue weighted by Crippen LogP contribution is 2.30. The summed E-state index contributed by atoms with van der Waals surface area (Å²) >= 11 is 12.3. The molecular formula is C31H47Cl2N3O4. The quantitative estimate of drug-likeness (QED) is 0.259. The molecule has 9 heteroatoms. The number of carbonyl (C=O) groups is 1. The van der Waals surface area contributed by atoms with Gasteiger partial charge >= 0.3 is 0 Å².